The van der Waals surface area contributed by atoms with Gasteiger partial charge in [-0.3, -0.25) is 0 Å². The van der Waals surface area contributed by atoms with Gasteiger partial charge in [-0.05, 0) is 62.7 Å². The Bertz CT molecular complexity index is 2940. The van der Waals surface area contributed by atoms with Crippen LogP contribution in [0.25, 0.3) is 101 Å². The average molecular weight is 679 g/mol. The standard InChI is InChI=1S/C48H30N4O/c1-4-14-31(15-5-1)35-21-10-22-36(30-35)46-50-45(33-16-6-2-7-17-33)51-47(52-46)41-27-13-23-37-38(24-12-25-39(37)41)40-26-11-20-32-28-29-42-44(43(32)40)49-48(53-42)34-18-8-3-9-19-34/h1-30H. The van der Waals surface area contributed by atoms with Crippen molar-refractivity contribution < 1.29 is 4.42 Å². The molecule has 0 aliphatic rings. The van der Waals surface area contributed by atoms with Gasteiger partial charge in [0.2, 0.25) is 5.89 Å². The number of nitrogens with zero attached hydrogens (tertiary/aromatic N) is 4. The van der Waals surface area contributed by atoms with E-state index in [0.717, 1.165) is 77.2 Å². The van der Waals surface area contributed by atoms with Gasteiger partial charge >= 0.3 is 0 Å². The summed E-state index contributed by atoms with van der Waals surface area (Å²) in [5.74, 6) is 2.47. The predicted octanol–water partition coefficient (Wildman–Crippen LogP) is 12.3. The highest BCUT2D eigenvalue weighted by Crippen LogP contribution is 2.40. The van der Waals surface area contributed by atoms with E-state index >= 15 is 0 Å². The van der Waals surface area contributed by atoms with Gasteiger partial charge < -0.3 is 4.42 Å². The molecule has 0 aliphatic carbocycles. The summed E-state index contributed by atoms with van der Waals surface area (Å²) in [4.78, 5) is 20.4. The van der Waals surface area contributed by atoms with E-state index in [9.17, 15) is 0 Å². The van der Waals surface area contributed by atoms with E-state index in [4.69, 9.17) is 24.4 Å². The zero-order valence-electron chi connectivity index (χ0n) is 28.5. The molecule has 0 unspecified atom stereocenters. The van der Waals surface area contributed by atoms with E-state index < -0.39 is 0 Å². The first-order valence-electron chi connectivity index (χ1n) is 17.6. The minimum Gasteiger partial charge on any atom is -0.436 e. The van der Waals surface area contributed by atoms with Gasteiger partial charge in [0.15, 0.2) is 23.1 Å². The van der Waals surface area contributed by atoms with Crippen molar-refractivity contribution in [2.45, 2.75) is 0 Å². The molecular weight excluding hydrogens is 649 g/mol. The lowest BCUT2D eigenvalue weighted by Crippen LogP contribution is -2.00. The number of oxazole rings is 1. The molecule has 2 heterocycles. The van der Waals surface area contributed by atoms with Gasteiger partial charge in [0.05, 0.1) is 0 Å². The van der Waals surface area contributed by atoms with Crippen LogP contribution < -0.4 is 0 Å². The van der Waals surface area contributed by atoms with Crippen LogP contribution in [0, 0.1) is 0 Å². The van der Waals surface area contributed by atoms with Crippen molar-refractivity contribution >= 4 is 32.6 Å². The summed E-state index contributed by atoms with van der Waals surface area (Å²) < 4.78 is 6.31. The van der Waals surface area contributed by atoms with Crippen LogP contribution in [0.5, 0.6) is 0 Å². The van der Waals surface area contributed by atoms with Gasteiger partial charge in [-0.1, -0.05) is 158 Å². The van der Waals surface area contributed by atoms with E-state index in [1.54, 1.807) is 0 Å². The van der Waals surface area contributed by atoms with Crippen molar-refractivity contribution in [1.82, 2.24) is 19.9 Å². The molecule has 0 atom stereocenters. The minimum atomic E-state index is 0.609. The number of fused-ring (bicyclic) bond motifs is 4. The zero-order valence-corrected chi connectivity index (χ0v) is 28.5. The van der Waals surface area contributed by atoms with Crippen molar-refractivity contribution in [2.75, 3.05) is 0 Å². The summed E-state index contributed by atoms with van der Waals surface area (Å²) in [6, 6.07) is 62.3. The fourth-order valence-electron chi connectivity index (χ4n) is 7.24. The summed E-state index contributed by atoms with van der Waals surface area (Å²) in [7, 11) is 0. The maximum absolute atomic E-state index is 6.31. The third-order valence-electron chi connectivity index (χ3n) is 9.77. The molecule has 248 valence electrons. The van der Waals surface area contributed by atoms with Gasteiger partial charge in [-0.15, -0.1) is 0 Å². The Morgan fingerprint density at radius 2 is 0.887 bits per heavy atom. The second-order valence-electron chi connectivity index (χ2n) is 13.0. The van der Waals surface area contributed by atoms with Crippen molar-refractivity contribution in [2.24, 2.45) is 0 Å². The van der Waals surface area contributed by atoms with Gasteiger partial charge in [-0.25, -0.2) is 19.9 Å². The molecule has 0 saturated heterocycles. The molecule has 0 N–H and O–H groups in total. The van der Waals surface area contributed by atoms with Crippen LogP contribution in [0.1, 0.15) is 0 Å². The number of benzene rings is 8. The Labute approximate surface area is 305 Å². The highest BCUT2D eigenvalue weighted by atomic mass is 16.3. The van der Waals surface area contributed by atoms with E-state index in [-0.39, 0.29) is 0 Å². The number of aromatic nitrogens is 4. The Balaban J connectivity index is 1.16. The maximum Gasteiger partial charge on any atom is 0.227 e. The first-order chi connectivity index (χ1) is 26.3. The van der Waals surface area contributed by atoms with Crippen LogP contribution in [-0.2, 0) is 0 Å². The fraction of sp³-hybridized carbons (Fsp3) is 0. The Morgan fingerprint density at radius 1 is 0.340 bits per heavy atom. The summed E-state index contributed by atoms with van der Waals surface area (Å²) in [6.07, 6.45) is 0. The SMILES string of the molecule is c1ccc(-c2cccc(-c3nc(-c4ccccc4)nc(-c4cccc5c(-c6cccc7ccc8oc(-c9ccccc9)nc8c67)cccc45)n3)c2)cc1. The molecule has 5 nitrogen and oxygen atoms in total. The molecule has 10 aromatic rings. The second kappa shape index (κ2) is 12.8. The summed E-state index contributed by atoms with van der Waals surface area (Å²) in [5.41, 5.74) is 9.77. The molecule has 0 bridgehead atoms. The normalized spacial score (nSPS) is 11.4. The van der Waals surface area contributed by atoms with Gasteiger partial charge in [0.1, 0.15) is 5.52 Å². The fourth-order valence-corrected chi connectivity index (χ4v) is 7.24. The molecular formula is C48H30N4O. The largest absolute Gasteiger partial charge is 0.436 e. The van der Waals surface area contributed by atoms with E-state index in [1.807, 2.05) is 72.8 Å². The van der Waals surface area contributed by atoms with Crippen LogP contribution >= 0.6 is 0 Å². The second-order valence-corrected chi connectivity index (χ2v) is 13.0. The molecule has 8 aromatic carbocycles. The number of hydrogen-bond donors (Lipinski definition) is 0. The molecule has 5 heteroatoms. The molecule has 0 fully saturated rings. The van der Waals surface area contributed by atoms with Crippen LogP contribution in [0.2, 0.25) is 0 Å². The molecule has 0 saturated carbocycles. The Kier molecular flexibility index (Phi) is 7.40. The first kappa shape index (κ1) is 30.6. The molecule has 0 radical (unpaired) electrons. The van der Waals surface area contributed by atoms with Crippen LogP contribution in [0.3, 0.4) is 0 Å². The minimum absolute atomic E-state index is 0.609. The highest BCUT2D eigenvalue weighted by Gasteiger charge is 2.19. The maximum atomic E-state index is 6.31. The molecule has 0 amide bonds. The van der Waals surface area contributed by atoms with Crippen molar-refractivity contribution in [1.29, 1.82) is 0 Å². The number of rotatable bonds is 6. The van der Waals surface area contributed by atoms with Crippen molar-refractivity contribution in [3.63, 3.8) is 0 Å². The van der Waals surface area contributed by atoms with Gasteiger partial charge in [0, 0.05) is 27.6 Å². The van der Waals surface area contributed by atoms with E-state index in [2.05, 4.69) is 109 Å². The Hall–Kier alpha value is -7.24. The lowest BCUT2D eigenvalue weighted by atomic mass is 9.92. The summed E-state index contributed by atoms with van der Waals surface area (Å²) >= 11 is 0. The third kappa shape index (κ3) is 5.52. The predicted molar refractivity (Wildman–Crippen MR) is 215 cm³/mol. The quantitative estimate of drug-likeness (QED) is 0.175. The lowest BCUT2D eigenvalue weighted by Gasteiger charge is -2.14. The number of hydrogen-bond acceptors (Lipinski definition) is 5. The average Bonchev–Trinajstić information content (AvgIpc) is 3.69. The topological polar surface area (TPSA) is 64.7 Å². The van der Waals surface area contributed by atoms with E-state index in [1.165, 1.54) is 0 Å². The van der Waals surface area contributed by atoms with Gasteiger partial charge in [-0.2, -0.15) is 0 Å². The Morgan fingerprint density at radius 3 is 1.64 bits per heavy atom. The zero-order chi connectivity index (χ0) is 35.1. The summed E-state index contributed by atoms with van der Waals surface area (Å²) in [6.45, 7) is 0. The van der Waals surface area contributed by atoms with Gasteiger partial charge in [0.25, 0.3) is 0 Å². The van der Waals surface area contributed by atoms with Crippen LogP contribution in [0.4, 0.5) is 0 Å². The van der Waals surface area contributed by atoms with Crippen LogP contribution in [-0.4, -0.2) is 19.9 Å². The molecule has 2 aromatic heterocycles. The first-order valence-corrected chi connectivity index (χ1v) is 17.6. The lowest BCUT2D eigenvalue weighted by molar-refractivity contribution is 0.620. The van der Waals surface area contributed by atoms with Crippen molar-refractivity contribution in [3.8, 4) is 67.9 Å². The van der Waals surface area contributed by atoms with Crippen molar-refractivity contribution in [3.05, 3.63) is 182 Å². The summed E-state index contributed by atoms with van der Waals surface area (Å²) in [5, 5.41) is 4.30. The monoisotopic (exact) mass is 678 g/mol. The molecule has 0 spiro atoms. The third-order valence-corrected chi connectivity index (χ3v) is 9.77. The molecule has 53 heavy (non-hydrogen) atoms. The smallest absolute Gasteiger partial charge is 0.227 e. The highest BCUT2D eigenvalue weighted by molar-refractivity contribution is 6.15. The molecule has 10 rings (SSSR count). The van der Waals surface area contributed by atoms with Crippen LogP contribution in [0.15, 0.2) is 186 Å². The van der Waals surface area contributed by atoms with E-state index in [0.29, 0.717) is 23.4 Å². The molecule has 0 aliphatic heterocycles.